The lowest BCUT2D eigenvalue weighted by molar-refractivity contribution is 0.0211. The molecule has 0 bridgehead atoms. The van der Waals surface area contributed by atoms with E-state index in [1.54, 1.807) is 4.90 Å². The van der Waals surface area contributed by atoms with Gasteiger partial charge in [0, 0.05) is 25.7 Å². The molecule has 4 rings (SSSR count). The highest BCUT2D eigenvalue weighted by Crippen LogP contribution is 2.36. The van der Waals surface area contributed by atoms with Gasteiger partial charge in [0.1, 0.15) is 16.9 Å². The smallest absolute Gasteiger partial charge is 0.410 e. The second-order valence-corrected chi connectivity index (χ2v) is 10.6. The quantitative estimate of drug-likeness (QED) is 0.489. The number of rotatable bonds is 3. The van der Waals surface area contributed by atoms with Crippen molar-refractivity contribution in [2.24, 2.45) is 0 Å². The first-order valence-corrected chi connectivity index (χ1v) is 12.5. The van der Waals surface area contributed by atoms with Gasteiger partial charge < -0.3 is 14.5 Å². The van der Waals surface area contributed by atoms with Gasteiger partial charge in [0.2, 0.25) is 0 Å². The number of ether oxygens (including phenoxy) is 1. The number of amides is 1. The van der Waals surface area contributed by atoms with Gasteiger partial charge in [-0.15, -0.1) is 0 Å². The van der Waals surface area contributed by atoms with Crippen molar-refractivity contribution in [3.63, 3.8) is 0 Å². The average Bonchev–Trinajstić information content (AvgIpc) is 2.72. The summed E-state index contributed by atoms with van der Waals surface area (Å²) >= 11 is 1.51. The van der Waals surface area contributed by atoms with Crippen molar-refractivity contribution >= 4 is 34.6 Å². The number of nitrogens with zero attached hydrogens (tertiary/aromatic N) is 5. The standard InChI is InChI=1S/C23H32FN5O2S/c1-6-15-18(24)19-17-16(25-15)10-8-9-14-13-28(22(30)31-23(3,4)5)11-12-29(14)20(17)27-21(26-19)32-7-2/h14H,6-13H2,1-5H3/t14-/m1/s1. The van der Waals surface area contributed by atoms with Gasteiger partial charge in [-0.25, -0.2) is 19.2 Å². The van der Waals surface area contributed by atoms with Crippen LogP contribution in [0.15, 0.2) is 5.16 Å². The molecule has 0 radical (unpaired) electrons. The molecule has 1 amide bonds. The summed E-state index contributed by atoms with van der Waals surface area (Å²) in [6.45, 7) is 11.3. The number of fused-ring (bicyclic) bond motifs is 2. The van der Waals surface area contributed by atoms with Crippen LogP contribution in [0.1, 0.15) is 58.8 Å². The minimum Gasteiger partial charge on any atom is -0.444 e. The number of hydrogen-bond donors (Lipinski definition) is 0. The molecule has 0 N–H and O–H groups in total. The number of aryl methyl sites for hydroxylation is 2. The second kappa shape index (κ2) is 9.00. The molecule has 2 aliphatic heterocycles. The lowest BCUT2D eigenvalue weighted by Crippen LogP contribution is -2.56. The number of carbonyl (C=O) groups excluding carboxylic acids is 1. The molecule has 1 saturated heterocycles. The predicted octanol–water partition coefficient (Wildman–Crippen LogP) is 4.60. The molecule has 2 aromatic rings. The van der Waals surface area contributed by atoms with Crippen molar-refractivity contribution in [3.05, 3.63) is 17.2 Å². The van der Waals surface area contributed by atoms with Gasteiger partial charge in [0.15, 0.2) is 11.0 Å². The Balaban J connectivity index is 1.77. The van der Waals surface area contributed by atoms with Gasteiger partial charge >= 0.3 is 6.09 Å². The maximum absolute atomic E-state index is 15.3. The Labute approximate surface area is 193 Å². The van der Waals surface area contributed by atoms with Crippen LogP contribution in [0.2, 0.25) is 0 Å². The first-order valence-electron chi connectivity index (χ1n) is 11.5. The Hall–Kier alpha value is -2.16. The first-order chi connectivity index (χ1) is 15.2. The van der Waals surface area contributed by atoms with E-state index in [-0.39, 0.29) is 18.0 Å². The van der Waals surface area contributed by atoms with Gasteiger partial charge in [-0.05, 0) is 52.2 Å². The van der Waals surface area contributed by atoms with Crippen LogP contribution in [-0.2, 0) is 17.6 Å². The van der Waals surface area contributed by atoms with Crippen molar-refractivity contribution in [2.45, 2.75) is 77.1 Å². The van der Waals surface area contributed by atoms with E-state index in [0.717, 1.165) is 41.9 Å². The number of halogens is 1. The topological polar surface area (TPSA) is 71.5 Å². The van der Waals surface area contributed by atoms with E-state index in [1.807, 2.05) is 34.6 Å². The molecule has 0 unspecified atom stereocenters. The lowest BCUT2D eigenvalue weighted by Gasteiger charge is -2.43. The molecule has 0 aromatic carbocycles. The van der Waals surface area contributed by atoms with Gasteiger partial charge in [0.25, 0.3) is 0 Å². The summed E-state index contributed by atoms with van der Waals surface area (Å²) in [5.41, 5.74) is 1.20. The molecule has 2 aliphatic rings. The van der Waals surface area contributed by atoms with E-state index >= 15 is 4.39 Å². The fourth-order valence-corrected chi connectivity index (χ4v) is 5.02. The molecule has 1 fully saturated rings. The Bertz CT molecular complexity index is 1030. The molecule has 1 atom stereocenters. The van der Waals surface area contributed by atoms with E-state index < -0.39 is 5.60 Å². The number of hydrogen-bond acceptors (Lipinski definition) is 7. The van der Waals surface area contributed by atoms with Gasteiger partial charge in [-0.2, -0.15) is 0 Å². The summed E-state index contributed by atoms with van der Waals surface area (Å²) in [7, 11) is 0. The van der Waals surface area contributed by atoms with Crippen LogP contribution in [0.4, 0.5) is 15.0 Å². The van der Waals surface area contributed by atoms with E-state index in [4.69, 9.17) is 9.72 Å². The lowest BCUT2D eigenvalue weighted by atomic mass is 9.98. The first kappa shape index (κ1) is 23.0. The van der Waals surface area contributed by atoms with Crippen molar-refractivity contribution < 1.29 is 13.9 Å². The number of aromatic nitrogens is 3. The van der Waals surface area contributed by atoms with Crippen molar-refractivity contribution in [2.75, 3.05) is 30.3 Å². The summed E-state index contributed by atoms with van der Waals surface area (Å²) in [6, 6.07) is 0.0934. The fourth-order valence-electron chi connectivity index (χ4n) is 4.45. The molecule has 7 nitrogen and oxygen atoms in total. The zero-order valence-electron chi connectivity index (χ0n) is 19.6. The van der Waals surface area contributed by atoms with Crippen molar-refractivity contribution in [1.29, 1.82) is 0 Å². The fraction of sp³-hybridized carbons (Fsp3) is 0.652. The van der Waals surface area contributed by atoms with Crippen LogP contribution in [-0.4, -0.2) is 63.0 Å². The number of piperazine rings is 1. The minimum atomic E-state index is -0.528. The Morgan fingerprint density at radius 1 is 1.22 bits per heavy atom. The van der Waals surface area contributed by atoms with Crippen molar-refractivity contribution in [3.8, 4) is 0 Å². The van der Waals surface area contributed by atoms with Crippen LogP contribution in [0.25, 0.3) is 10.9 Å². The van der Waals surface area contributed by atoms with E-state index in [0.29, 0.717) is 42.4 Å². The molecular weight excluding hydrogens is 429 g/mol. The average molecular weight is 462 g/mol. The van der Waals surface area contributed by atoms with Gasteiger partial charge in [-0.3, -0.25) is 4.98 Å². The summed E-state index contributed by atoms with van der Waals surface area (Å²) in [6.07, 6.45) is 2.81. The molecular formula is C23H32FN5O2S. The van der Waals surface area contributed by atoms with E-state index in [9.17, 15) is 4.79 Å². The van der Waals surface area contributed by atoms with Gasteiger partial charge in [-0.1, -0.05) is 25.6 Å². The largest absolute Gasteiger partial charge is 0.444 e. The Kier molecular flexibility index (Phi) is 6.47. The minimum absolute atomic E-state index is 0.0934. The third-order valence-electron chi connectivity index (χ3n) is 5.85. The maximum atomic E-state index is 15.3. The summed E-state index contributed by atoms with van der Waals surface area (Å²) < 4.78 is 20.9. The van der Waals surface area contributed by atoms with Crippen molar-refractivity contribution in [1.82, 2.24) is 19.9 Å². The second-order valence-electron chi connectivity index (χ2n) is 9.32. The third kappa shape index (κ3) is 4.49. The van der Waals surface area contributed by atoms with Crippen LogP contribution in [0.3, 0.4) is 0 Å². The van der Waals surface area contributed by atoms with Crippen LogP contribution >= 0.6 is 11.8 Å². The molecule has 0 saturated carbocycles. The molecule has 4 heterocycles. The van der Waals surface area contributed by atoms with E-state index in [2.05, 4.69) is 14.9 Å². The molecule has 2 aromatic heterocycles. The highest BCUT2D eigenvalue weighted by molar-refractivity contribution is 7.99. The zero-order valence-corrected chi connectivity index (χ0v) is 20.4. The maximum Gasteiger partial charge on any atom is 0.410 e. The zero-order chi connectivity index (χ0) is 23.0. The molecule has 32 heavy (non-hydrogen) atoms. The highest BCUT2D eigenvalue weighted by atomic mass is 32.2. The Morgan fingerprint density at radius 2 is 2.00 bits per heavy atom. The Morgan fingerprint density at radius 3 is 2.69 bits per heavy atom. The molecule has 0 aliphatic carbocycles. The number of carbonyl (C=O) groups is 1. The van der Waals surface area contributed by atoms with Crippen LogP contribution in [0, 0.1) is 5.82 Å². The summed E-state index contributed by atoms with van der Waals surface area (Å²) in [5.74, 6) is 1.22. The third-order valence-corrected chi connectivity index (χ3v) is 6.58. The SMILES string of the molecule is CCSc1nc2c3c(nc(CC)c(F)c3n1)CCC[C@@H]1CN(C(=O)OC(C)(C)C)CCN21. The number of anilines is 1. The summed E-state index contributed by atoms with van der Waals surface area (Å²) in [4.78, 5) is 30.8. The number of pyridine rings is 1. The monoisotopic (exact) mass is 461 g/mol. The molecule has 0 spiro atoms. The molecule has 174 valence electrons. The number of thioether (sulfide) groups is 1. The van der Waals surface area contributed by atoms with Crippen LogP contribution in [0.5, 0.6) is 0 Å². The van der Waals surface area contributed by atoms with Crippen LogP contribution < -0.4 is 4.90 Å². The summed E-state index contributed by atoms with van der Waals surface area (Å²) in [5, 5.41) is 1.32. The molecule has 9 heteroatoms. The predicted molar refractivity (Wildman–Crippen MR) is 125 cm³/mol. The highest BCUT2D eigenvalue weighted by Gasteiger charge is 2.35. The van der Waals surface area contributed by atoms with Gasteiger partial charge in [0.05, 0.1) is 16.8 Å². The normalized spacial score (nSPS) is 18.9. The van der Waals surface area contributed by atoms with E-state index in [1.165, 1.54) is 11.8 Å².